The quantitative estimate of drug-likeness (QED) is 0.810. The maximum absolute atomic E-state index is 12.9. The van der Waals surface area contributed by atoms with Crippen LogP contribution in [0.1, 0.15) is 28.8 Å². The van der Waals surface area contributed by atoms with Crippen molar-refractivity contribution in [2.45, 2.75) is 38.0 Å². The second-order valence-corrected chi connectivity index (χ2v) is 7.14. The maximum Gasteiger partial charge on any atom is 0.254 e. The smallest absolute Gasteiger partial charge is 0.254 e. The summed E-state index contributed by atoms with van der Waals surface area (Å²) in [5.41, 5.74) is 1.76. The number of fused-ring (bicyclic) bond motifs is 1. The summed E-state index contributed by atoms with van der Waals surface area (Å²) in [5, 5.41) is 0. The normalized spacial score (nSPS) is 27.5. The van der Waals surface area contributed by atoms with Gasteiger partial charge in [-0.25, -0.2) is 0 Å². The van der Waals surface area contributed by atoms with Gasteiger partial charge in [-0.15, -0.1) is 0 Å². The third-order valence-corrected chi connectivity index (χ3v) is 5.44. The molecule has 25 heavy (non-hydrogen) atoms. The lowest BCUT2D eigenvalue weighted by Crippen LogP contribution is -2.58. The van der Waals surface area contributed by atoms with E-state index in [1.54, 1.807) is 0 Å². The van der Waals surface area contributed by atoms with E-state index in [2.05, 4.69) is 0 Å². The van der Waals surface area contributed by atoms with Crippen LogP contribution in [-0.2, 0) is 14.3 Å². The number of aryl methyl sites for hydroxylation is 1. The van der Waals surface area contributed by atoms with Crippen molar-refractivity contribution in [3.05, 3.63) is 35.4 Å². The van der Waals surface area contributed by atoms with Crippen molar-refractivity contribution in [1.29, 1.82) is 0 Å². The lowest BCUT2D eigenvalue weighted by molar-refractivity contribution is -0.159. The van der Waals surface area contributed by atoms with Gasteiger partial charge < -0.3 is 19.3 Å². The van der Waals surface area contributed by atoms with Crippen LogP contribution < -0.4 is 0 Å². The van der Waals surface area contributed by atoms with E-state index in [0.717, 1.165) is 18.4 Å². The third-order valence-electron chi connectivity index (χ3n) is 5.44. The molecule has 134 valence electrons. The van der Waals surface area contributed by atoms with Crippen molar-refractivity contribution in [1.82, 2.24) is 9.80 Å². The number of ether oxygens (including phenoxy) is 2. The fourth-order valence-electron chi connectivity index (χ4n) is 4.19. The molecule has 0 spiro atoms. The largest absolute Gasteiger partial charge is 0.381 e. The highest BCUT2D eigenvalue weighted by molar-refractivity contribution is 5.94. The number of likely N-dealkylation sites (tertiary alicyclic amines) is 1. The van der Waals surface area contributed by atoms with Gasteiger partial charge in [-0.1, -0.05) is 17.7 Å². The molecular formula is C19H24N2O4. The highest BCUT2D eigenvalue weighted by Gasteiger charge is 2.47. The molecule has 0 aromatic heterocycles. The number of carbonyl (C=O) groups excluding carboxylic acids is 2. The van der Waals surface area contributed by atoms with Gasteiger partial charge in [0.15, 0.2) is 0 Å². The number of hydrogen-bond acceptors (Lipinski definition) is 4. The number of benzene rings is 1. The van der Waals surface area contributed by atoms with E-state index in [1.165, 1.54) is 0 Å². The molecular weight excluding hydrogens is 320 g/mol. The van der Waals surface area contributed by atoms with E-state index in [1.807, 2.05) is 41.0 Å². The number of nitrogens with zero attached hydrogens (tertiary/aromatic N) is 2. The first-order valence-corrected chi connectivity index (χ1v) is 9.00. The Morgan fingerprint density at radius 3 is 2.76 bits per heavy atom. The first-order chi connectivity index (χ1) is 12.1. The van der Waals surface area contributed by atoms with Crippen LogP contribution in [0.3, 0.4) is 0 Å². The Balaban J connectivity index is 1.52. The zero-order valence-electron chi connectivity index (χ0n) is 14.5. The molecule has 3 aliphatic rings. The molecule has 0 bridgehead atoms. The van der Waals surface area contributed by atoms with Crippen LogP contribution in [0.15, 0.2) is 24.3 Å². The van der Waals surface area contributed by atoms with Gasteiger partial charge in [0.2, 0.25) is 5.91 Å². The average molecular weight is 344 g/mol. The number of morpholine rings is 1. The van der Waals surface area contributed by atoms with Gasteiger partial charge in [-0.2, -0.15) is 0 Å². The summed E-state index contributed by atoms with van der Waals surface area (Å²) in [6.45, 7) is 4.57. The average Bonchev–Trinajstić information content (AvgIpc) is 3.06. The Labute approximate surface area is 147 Å². The molecule has 2 atom stereocenters. The van der Waals surface area contributed by atoms with E-state index < -0.39 is 0 Å². The second kappa shape index (κ2) is 6.77. The number of hydrogen-bond donors (Lipinski definition) is 0. The van der Waals surface area contributed by atoms with E-state index in [9.17, 15) is 9.59 Å². The van der Waals surface area contributed by atoms with Crippen LogP contribution in [0, 0.1) is 6.92 Å². The minimum Gasteiger partial charge on any atom is -0.381 e. The Morgan fingerprint density at radius 2 is 2.00 bits per heavy atom. The van der Waals surface area contributed by atoms with Crippen LogP contribution in [-0.4, -0.2) is 72.7 Å². The highest BCUT2D eigenvalue weighted by atomic mass is 16.5. The standard InChI is InChI=1S/C19H24N2O4/c1-13-3-2-4-14(9-13)19(23)20-10-16-17(11-20)25-12-18(22)21(16)15-5-7-24-8-6-15/h2-4,9,15-17H,5-8,10-12H2,1H3/t16-,17-/m0/s1. The molecule has 0 radical (unpaired) electrons. The lowest BCUT2D eigenvalue weighted by atomic mass is 10.0. The summed E-state index contributed by atoms with van der Waals surface area (Å²) in [6.07, 6.45) is 1.64. The monoisotopic (exact) mass is 344 g/mol. The lowest BCUT2D eigenvalue weighted by Gasteiger charge is -2.43. The third kappa shape index (κ3) is 3.16. The topological polar surface area (TPSA) is 59.1 Å². The molecule has 3 fully saturated rings. The molecule has 0 N–H and O–H groups in total. The van der Waals surface area contributed by atoms with Gasteiger partial charge in [0.05, 0.1) is 12.1 Å². The van der Waals surface area contributed by atoms with Crippen molar-refractivity contribution >= 4 is 11.8 Å². The second-order valence-electron chi connectivity index (χ2n) is 7.14. The summed E-state index contributed by atoms with van der Waals surface area (Å²) in [6, 6.07) is 7.80. The summed E-state index contributed by atoms with van der Waals surface area (Å²) < 4.78 is 11.2. The summed E-state index contributed by atoms with van der Waals surface area (Å²) in [4.78, 5) is 29.2. The predicted molar refractivity (Wildman–Crippen MR) is 91.3 cm³/mol. The molecule has 0 unspecified atom stereocenters. The zero-order valence-corrected chi connectivity index (χ0v) is 14.5. The van der Waals surface area contributed by atoms with Crippen molar-refractivity contribution < 1.29 is 19.1 Å². The van der Waals surface area contributed by atoms with E-state index in [0.29, 0.717) is 31.9 Å². The van der Waals surface area contributed by atoms with Gasteiger partial charge in [0, 0.05) is 37.9 Å². The van der Waals surface area contributed by atoms with E-state index in [-0.39, 0.29) is 36.6 Å². The van der Waals surface area contributed by atoms with Crippen molar-refractivity contribution in [3.63, 3.8) is 0 Å². The molecule has 6 heteroatoms. The van der Waals surface area contributed by atoms with Crippen LogP contribution in [0.4, 0.5) is 0 Å². The predicted octanol–water partition coefficient (Wildman–Crippen LogP) is 1.23. The van der Waals surface area contributed by atoms with Gasteiger partial charge >= 0.3 is 0 Å². The van der Waals surface area contributed by atoms with Crippen molar-refractivity contribution in [2.24, 2.45) is 0 Å². The number of amides is 2. The number of rotatable bonds is 2. The minimum atomic E-state index is -0.0886. The van der Waals surface area contributed by atoms with Gasteiger partial charge in [0.25, 0.3) is 5.91 Å². The summed E-state index contributed by atoms with van der Waals surface area (Å²) in [5.74, 6) is 0.0547. The summed E-state index contributed by atoms with van der Waals surface area (Å²) >= 11 is 0. The Morgan fingerprint density at radius 1 is 1.20 bits per heavy atom. The van der Waals surface area contributed by atoms with Gasteiger partial charge in [-0.3, -0.25) is 9.59 Å². The Bertz CT molecular complexity index is 671. The van der Waals surface area contributed by atoms with Gasteiger partial charge in [-0.05, 0) is 31.9 Å². The SMILES string of the molecule is Cc1cccc(C(=O)N2C[C@@H]3OCC(=O)N(C4CCOCC4)[C@H]3C2)c1. The highest BCUT2D eigenvalue weighted by Crippen LogP contribution is 2.29. The zero-order chi connectivity index (χ0) is 17.4. The molecule has 3 heterocycles. The van der Waals surface area contributed by atoms with E-state index >= 15 is 0 Å². The maximum atomic E-state index is 12.9. The summed E-state index contributed by atoms with van der Waals surface area (Å²) in [7, 11) is 0. The van der Waals surface area contributed by atoms with Gasteiger partial charge in [0.1, 0.15) is 6.61 Å². The van der Waals surface area contributed by atoms with Crippen molar-refractivity contribution in [3.8, 4) is 0 Å². The minimum absolute atomic E-state index is 0.0149. The Kier molecular flexibility index (Phi) is 4.48. The molecule has 0 saturated carbocycles. The fourth-order valence-corrected chi connectivity index (χ4v) is 4.19. The molecule has 3 saturated heterocycles. The number of carbonyl (C=O) groups is 2. The van der Waals surface area contributed by atoms with Crippen LogP contribution in [0.5, 0.6) is 0 Å². The van der Waals surface area contributed by atoms with Crippen LogP contribution in [0.2, 0.25) is 0 Å². The fraction of sp³-hybridized carbons (Fsp3) is 0.579. The first-order valence-electron chi connectivity index (χ1n) is 9.00. The first kappa shape index (κ1) is 16.5. The van der Waals surface area contributed by atoms with Crippen LogP contribution >= 0.6 is 0 Å². The van der Waals surface area contributed by atoms with E-state index in [4.69, 9.17) is 9.47 Å². The molecule has 4 rings (SSSR count). The molecule has 1 aromatic carbocycles. The van der Waals surface area contributed by atoms with Crippen LogP contribution in [0.25, 0.3) is 0 Å². The Hall–Kier alpha value is -1.92. The molecule has 2 amide bonds. The molecule has 0 aliphatic carbocycles. The molecule has 1 aromatic rings. The molecule has 6 nitrogen and oxygen atoms in total. The molecule has 3 aliphatic heterocycles. The van der Waals surface area contributed by atoms with Crippen molar-refractivity contribution in [2.75, 3.05) is 32.9 Å².